The van der Waals surface area contributed by atoms with Crippen molar-refractivity contribution in [2.24, 2.45) is 10.8 Å². The van der Waals surface area contributed by atoms with Crippen LogP contribution in [-0.4, -0.2) is 44.9 Å². The van der Waals surface area contributed by atoms with Crippen LogP contribution < -0.4 is 9.57 Å². The van der Waals surface area contributed by atoms with E-state index in [0.717, 1.165) is 40.2 Å². The zero-order valence-electron chi connectivity index (χ0n) is 30.1. The van der Waals surface area contributed by atoms with E-state index >= 15 is 0 Å². The molecule has 2 fully saturated rings. The van der Waals surface area contributed by atoms with Gasteiger partial charge in [0.25, 0.3) is 0 Å². The van der Waals surface area contributed by atoms with Gasteiger partial charge in [0.15, 0.2) is 0 Å². The fourth-order valence-electron chi connectivity index (χ4n) is 7.33. The number of nitrogens with zero attached hydrogens (tertiary/aromatic N) is 1. The van der Waals surface area contributed by atoms with Crippen LogP contribution in [-0.2, 0) is 26.2 Å². The molecule has 1 aromatic carbocycles. The molecule has 0 bridgehead atoms. The van der Waals surface area contributed by atoms with Crippen LogP contribution >= 0.6 is 22.9 Å². The van der Waals surface area contributed by atoms with Crippen molar-refractivity contribution >= 4 is 22.9 Å². The average Bonchev–Trinajstić information content (AvgIpc) is 3.33. The van der Waals surface area contributed by atoms with Crippen molar-refractivity contribution in [1.29, 1.82) is 0 Å². The van der Waals surface area contributed by atoms with Gasteiger partial charge >= 0.3 is 10.2 Å². The summed E-state index contributed by atoms with van der Waals surface area (Å²) in [6.45, 7) is 15.0. The minimum atomic E-state index is -9.85. The third kappa shape index (κ3) is 8.71. The molecule has 3 aliphatic heterocycles. The summed E-state index contributed by atoms with van der Waals surface area (Å²) in [5.74, 6) is -0.00464. The Labute approximate surface area is 294 Å². The topological polar surface area (TPSA) is 61.0 Å². The zero-order valence-corrected chi connectivity index (χ0v) is 31.8. The van der Waals surface area contributed by atoms with Gasteiger partial charge in [-0.05, 0) is 54.0 Å². The molecule has 2 unspecified atom stereocenters. The number of aromatic nitrogens is 1. The Morgan fingerprint density at radius 3 is 1.96 bits per heavy atom. The predicted octanol–water partition coefficient (Wildman–Crippen LogP) is 9.70. The van der Waals surface area contributed by atoms with Gasteiger partial charge in [0.05, 0.1) is 28.7 Å². The number of thiol groups is 1. The maximum absolute atomic E-state index is 13.6. The second-order valence-electron chi connectivity index (χ2n) is 15.5. The van der Waals surface area contributed by atoms with Crippen molar-refractivity contribution in [2.45, 2.75) is 115 Å². The molecule has 1 aromatic heterocycles. The van der Waals surface area contributed by atoms with Crippen LogP contribution in [0.2, 0.25) is 0 Å². The number of hydrogen-bond acceptors (Lipinski definition) is 6. The van der Waals surface area contributed by atoms with Crippen LogP contribution in [0.25, 0.3) is 0 Å². The van der Waals surface area contributed by atoms with Crippen molar-refractivity contribution in [3.63, 3.8) is 0 Å². The lowest BCUT2D eigenvalue weighted by Crippen LogP contribution is -2.54. The number of rotatable bonds is 4. The highest BCUT2D eigenvalue weighted by Gasteiger charge is 2.65. The summed E-state index contributed by atoms with van der Waals surface area (Å²) in [7, 11) is -8.28. The molecule has 13 heteroatoms. The quantitative estimate of drug-likeness (QED) is 0.186. The largest absolute Gasteiger partial charge is 0.388 e. The molecule has 2 atom stereocenters. The first-order chi connectivity index (χ1) is 22.6. The molecule has 6 nitrogen and oxygen atoms in total. The summed E-state index contributed by atoms with van der Waals surface area (Å²) < 4.78 is 87.9. The molecule has 6 rings (SSSR count). The molecule has 1 N–H and O–H groups in total. The van der Waals surface area contributed by atoms with Crippen LogP contribution in [0.1, 0.15) is 132 Å². The minimum Gasteiger partial charge on any atom is -0.388 e. The number of benzene rings is 1. The van der Waals surface area contributed by atoms with Crippen LogP contribution in [0.15, 0.2) is 29.2 Å². The SMILES string of the molecule is CCC(C)(C)C.CO[n+]1c2c(c3c(c1C1CCOCC1)C(c1ccc(S(F)(F)(F)(F)F)cc1)OC31CCOCC1)C(O)CC(C)(C)C2.CS. The summed E-state index contributed by atoms with van der Waals surface area (Å²) in [4.78, 5) is 4.12. The first kappa shape index (κ1) is 40.1. The lowest BCUT2D eigenvalue weighted by Gasteiger charge is -2.40. The van der Waals surface area contributed by atoms with Gasteiger partial charge in [0.2, 0.25) is 11.4 Å². The van der Waals surface area contributed by atoms with E-state index in [9.17, 15) is 24.5 Å². The van der Waals surface area contributed by atoms with Gasteiger partial charge in [0.1, 0.15) is 18.1 Å². The van der Waals surface area contributed by atoms with Crippen molar-refractivity contribution in [1.82, 2.24) is 0 Å². The van der Waals surface area contributed by atoms with E-state index in [-0.39, 0.29) is 11.3 Å². The fourth-order valence-corrected chi connectivity index (χ4v) is 7.98. The first-order valence-electron chi connectivity index (χ1n) is 17.1. The Hall–Kier alpha value is -1.64. The summed E-state index contributed by atoms with van der Waals surface area (Å²) in [6, 6.07) is 3.07. The predicted molar refractivity (Wildman–Crippen MR) is 186 cm³/mol. The molecule has 4 aliphatic rings. The number of ether oxygens (including phenoxy) is 3. The van der Waals surface area contributed by atoms with Gasteiger partial charge in [-0.15, -0.1) is 0 Å². The molecule has 0 saturated carbocycles. The first-order valence-corrected chi connectivity index (χ1v) is 19.9. The van der Waals surface area contributed by atoms with Crippen molar-refractivity contribution in [3.05, 3.63) is 57.9 Å². The van der Waals surface area contributed by atoms with Crippen molar-refractivity contribution < 1.29 is 48.3 Å². The third-order valence-corrected chi connectivity index (χ3v) is 11.3. The normalized spacial score (nSPS) is 24.6. The van der Waals surface area contributed by atoms with Gasteiger partial charge < -0.3 is 19.3 Å². The number of halogens is 5. The number of aliphatic hydroxyl groups is 1. The monoisotopic (exact) mass is 740 g/mol. The van der Waals surface area contributed by atoms with Crippen LogP contribution in [0, 0.1) is 10.8 Å². The highest BCUT2D eigenvalue weighted by molar-refractivity contribution is 8.45. The number of fused-ring (bicyclic) bond motifs is 4. The number of hydrogen-bond donors (Lipinski definition) is 2. The van der Waals surface area contributed by atoms with Gasteiger partial charge in [-0.1, -0.05) is 79.5 Å². The second-order valence-corrected chi connectivity index (χ2v) is 17.9. The van der Waals surface area contributed by atoms with Crippen LogP contribution in [0.4, 0.5) is 19.4 Å². The Bertz CT molecular complexity index is 1470. The lowest BCUT2D eigenvalue weighted by atomic mass is 9.69. The van der Waals surface area contributed by atoms with E-state index in [2.05, 4.69) is 54.2 Å². The summed E-state index contributed by atoms with van der Waals surface area (Å²) in [6.07, 6.45) is 4.86. The minimum absolute atomic E-state index is 0.00464. The molecule has 2 aromatic rings. The van der Waals surface area contributed by atoms with Crippen molar-refractivity contribution in [3.8, 4) is 0 Å². The smallest absolute Gasteiger partial charge is 0.310 e. The van der Waals surface area contributed by atoms with Gasteiger partial charge in [-0.25, -0.2) is 0 Å². The molecule has 0 radical (unpaired) electrons. The van der Waals surface area contributed by atoms with Gasteiger partial charge in [-0.2, -0.15) is 12.6 Å². The average molecular weight is 741 g/mol. The standard InChI is InChI=1S/C29H37F5NO5S.C6H14.CH4S/c1-28(2)16-21-23(22(36)17-28)25-24(26(35(21)37-3)18-8-12-38-13-9-18)27(40-29(25)10-14-39-15-11-29)19-4-6-20(7-5-19)41(30,31,32,33)34;1-5-6(2,3)4;1-2/h4-7,18,22,27,36H,8-17H2,1-3H3;5H2,1-4H3;2H,1H3/q+1;;. The number of aliphatic hydroxyl groups excluding tert-OH is 1. The maximum atomic E-state index is 13.6. The van der Waals surface area contributed by atoms with Crippen LogP contribution in [0.3, 0.4) is 0 Å². The highest BCUT2D eigenvalue weighted by Crippen LogP contribution is 3.02. The van der Waals surface area contributed by atoms with Crippen LogP contribution in [0.5, 0.6) is 0 Å². The van der Waals surface area contributed by atoms with E-state index in [1.807, 2.05) is 0 Å². The second kappa shape index (κ2) is 13.7. The van der Waals surface area contributed by atoms with E-state index in [1.165, 1.54) is 6.42 Å². The summed E-state index contributed by atoms with van der Waals surface area (Å²) >= 11 is 3.53. The Balaban J connectivity index is 0.000000612. The Kier molecular flexibility index (Phi) is 11.2. The fraction of sp³-hybridized carbons (Fsp3) is 0.694. The van der Waals surface area contributed by atoms with Crippen molar-refractivity contribution in [2.75, 3.05) is 39.8 Å². The number of pyridine rings is 1. The Morgan fingerprint density at radius 1 is 0.939 bits per heavy atom. The molecule has 4 heterocycles. The van der Waals surface area contributed by atoms with E-state index < -0.39 is 32.9 Å². The molecule has 49 heavy (non-hydrogen) atoms. The molecule has 1 aliphatic carbocycles. The molecular formula is C36H55F5NO5S2+. The van der Waals surface area contributed by atoms with Gasteiger partial charge in [-0.3, -0.25) is 4.84 Å². The summed E-state index contributed by atoms with van der Waals surface area (Å²) in [5, 5.41) is 11.7. The third-order valence-electron chi connectivity index (χ3n) is 10.2. The van der Waals surface area contributed by atoms with Gasteiger partial charge in [0, 0.05) is 56.0 Å². The molecule has 280 valence electrons. The molecular weight excluding hydrogens is 686 g/mol. The molecule has 0 amide bonds. The lowest BCUT2D eigenvalue weighted by molar-refractivity contribution is -0.897. The zero-order chi connectivity index (χ0) is 36.7. The molecule has 2 saturated heterocycles. The maximum Gasteiger partial charge on any atom is 0.310 e. The Morgan fingerprint density at radius 2 is 1.47 bits per heavy atom. The van der Waals surface area contributed by atoms with E-state index in [0.29, 0.717) is 88.1 Å². The molecule has 1 spiro atoms. The van der Waals surface area contributed by atoms with E-state index in [1.54, 1.807) is 18.1 Å². The van der Waals surface area contributed by atoms with E-state index in [4.69, 9.17) is 19.0 Å². The summed E-state index contributed by atoms with van der Waals surface area (Å²) in [5.41, 5.74) is 3.87. The highest BCUT2D eigenvalue weighted by atomic mass is 32.5.